The molecule has 154 valence electrons. The first-order valence-electron chi connectivity index (χ1n) is 9.91. The number of nitrogens with zero attached hydrogens (tertiary/aromatic N) is 1. The third kappa shape index (κ3) is 5.51. The lowest BCUT2D eigenvalue weighted by atomic mass is 9.81. The molecule has 1 saturated heterocycles. The number of thiophene rings is 1. The highest BCUT2D eigenvalue weighted by molar-refractivity contribution is 7.07. The van der Waals surface area contributed by atoms with Crippen LogP contribution in [0.3, 0.4) is 0 Å². The molecule has 2 heterocycles. The SMILES string of the molecule is CCC(C)CN1CC[C@@H](c2ccsc2)[C@H](COc2cccc(C(F)(F)F)c2)C1. The fourth-order valence-electron chi connectivity index (χ4n) is 3.90. The second-order valence-electron chi connectivity index (χ2n) is 7.82. The van der Waals surface area contributed by atoms with Crippen LogP contribution in [0.1, 0.15) is 43.7 Å². The third-order valence-corrected chi connectivity index (χ3v) is 6.38. The van der Waals surface area contributed by atoms with Crippen LogP contribution in [0.5, 0.6) is 5.75 Å². The van der Waals surface area contributed by atoms with Crippen molar-refractivity contribution in [3.8, 4) is 5.75 Å². The van der Waals surface area contributed by atoms with Crippen LogP contribution in [0.2, 0.25) is 0 Å². The van der Waals surface area contributed by atoms with Gasteiger partial charge in [0, 0.05) is 19.0 Å². The Kier molecular flexibility index (Phi) is 7.05. The summed E-state index contributed by atoms with van der Waals surface area (Å²) in [5, 5.41) is 4.28. The van der Waals surface area contributed by atoms with E-state index in [1.165, 1.54) is 11.6 Å². The molecule has 0 radical (unpaired) electrons. The van der Waals surface area contributed by atoms with Crippen molar-refractivity contribution in [2.45, 2.75) is 38.8 Å². The lowest BCUT2D eigenvalue weighted by molar-refractivity contribution is -0.137. The first kappa shape index (κ1) is 21.2. The molecule has 1 unspecified atom stereocenters. The lowest BCUT2D eigenvalue weighted by Gasteiger charge is -2.39. The summed E-state index contributed by atoms with van der Waals surface area (Å²) in [5.74, 6) is 1.59. The number of halogens is 3. The van der Waals surface area contributed by atoms with E-state index in [1.807, 2.05) is 0 Å². The molecule has 3 atom stereocenters. The normalized spacial score (nSPS) is 22.2. The van der Waals surface area contributed by atoms with E-state index in [-0.39, 0.29) is 11.7 Å². The molecule has 1 aliphatic rings. The van der Waals surface area contributed by atoms with Crippen LogP contribution in [-0.2, 0) is 6.18 Å². The van der Waals surface area contributed by atoms with E-state index in [1.54, 1.807) is 17.4 Å². The molecule has 0 bridgehead atoms. The number of piperidine rings is 1. The maximum atomic E-state index is 13.0. The largest absolute Gasteiger partial charge is 0.493 e. The van der Waals surface area contributed by atoms with Gasteiger partial charge >= 0.3 is 6.18 Å². The topological polar surface area (TPSA) is 12.5 Å². The maximum Gasteiger partial charge on any atom is 0.416 e. The minimum atomic E-state index is -4.35. The zero-order valence-corrected chi connectivity index (χ0v) is 17.2. The van der Waals surface area contributed by atoms with Crippen LogP contribution in [-0.4, -0.2) is 31.1 Å². The average Bonchev–Trinajstić information content (AvgIpc) is 3.20. The summed E-state index contributed by atoms with van der Waals surface area (Å²) in [6.45, 7) is 7.94. The number of ether oxygens (including phenoxy) is 1. The molecule has 2 nitrogen and oxygen atoms in total. The van der Waals surface area contributed by atoms with Gasteiger partial charge in [-0.15, -0.1) is 0 Å². The van der Waals surface area contributed by atoms with Crippen molar-refractivity contribution in [3.63, 3.8) is 0 Å². The van der Waals surface area contributed by atoms with E-state index in [2.05, 4.69) is 35.6 Å². The van der Waals surface area contributed by atoms with Crippen LogP contribution in [0.15, 0.2) is 41.1 Å². The molecule has 0 N–H and O–H groups in total. The molecule has 1 aromatic carbocycles. The summed E-state index contributed by atoms with van der Waals surface area (Å²) in [6.07, 6.45) is -2.14. The standard InChI is InChI=1S/C22H28F3NOS/c1-3-16(2)12-26-9-7-21(17-8-10-28-15-17)18(13-26)14-27-20-6-4-5-19(11-20)22(23,24)25/h4-6,8,10-11,15-16,18,21H,3,7,9,12-14H2,1-2H3/t16?,18-,21-/m0/s1. The van der Waals surface area contributed by atoms with E-state index >= 15 is 0 Å². The van der Waals surface area contributed by atoms with Gasteiger partial charge in [-0.05, 0) is 65.4 Å². The minimum Gasteiger partial charge on any atom is -0.493 e. The van der Waals surface area contributed by atoms with Gasteiger partial charge in [0.05, 0.1) is 12.2 Å². The maximum absolute atomic E-state index is 13.0. The lowest BCUT2D eigenvalue weighted by Crippen LogP contribution is -2.43. The van der Waals surface area contributed by atoms with Gasteiger partial charge < -0.3 is 9.64 Å². The fraction of sp³-hybridized carbons (Fsp3) is 0.545. The highest BCUT2D eigenvalue weighted by Crippen LogP contribution is 2.36. The van der Waals surface area contributed by atoms with Gasteiger partial charge in [-0.3, -0.25) is 0 Å². The van der Waals surface area contributed by atoms with E-state index in [4.69, 9.17) is 4.74 Å². The molecule has 28 heavy (non-hydrogen) atoms. The van der Waals surface area contributed by atoms with Crippen molar-refractivity contribution in [3.05, 3.63) is 52.2 Å². The molecule has 0 spiro atoms. The zero-order valence-electron chi connectivity index (χ0n) is 16.4. The summed E-state index contributed by atoms with van der Waals surface area (Å²) in [5.41, 5.74) is 0.659. The molecule has 0 aliphatic carbocycles. The first-order valence-corrected chi connectivity index (χ1v) is 10.9. The molecule has 3 rings (SSSR count). The molecular weight excluding hydrogens is 383 g/mol. The first-order chi connectivity index (χ1) is 13.4. The molecule has 0 amide bonds. The van der Waals surface area contributed by atoms with E-state index in [0.29, 0.717) is 18.4 Å². The fourth-order valence-corrected chi connectivity index (χ4v) is 4.63. The van der Waals surface area contributed by atoms with Crippen molar-refractivity contribution in [2.75, 3.05) is 26.2 Å². The van der Waals surface area contributed by atoms with Crippen molar-refractivity contribution in [1.29, 1.82) is 0 Å². The van der Waals surface area contributed by atoms with Crippen molar-refractivity contribution < 1.29 is 17.9 Å². The third-order valence-electron chi connectivity index (χ3n) is 5.68. The Morgan fingerprint density at radius 2 is 2.11 bits per heavy atom. The highest BCUT2D eigenvalue weighted by Gasteiger charge is 2.33. The van der Waals surface area contributed by atoms with Gasteiger partial charge in [-0.1, -0.05) is 26.3 Å². The van der Waals surface area contributed by atoms with Crippen molar-refractivity contribution >= 4 is 11.3 Å². The van der Waals surface area contributed by atoms with Crippen LogP contribution in [0, 0.1) is 11.8 Å². The molecule has 1 aromatic heterocycles. The van der Waals surface area contributed by atoms with E-state index < -0.39 is 11.7 Å². The van der Waals surface area contributed by atoms with Gasteiger partial charge in [0.15, 0.2) is 0 Å². The summed E-state index contributed by atoms with van der Waals surface area (Å²) in [7, 11) is 0. The predicted molar refractivity (Wildman–Crippen MR) is 108 cm³/mol. The van der Waals surface area contributed by atoms with Crippen molar-refractivity contribution in [2.24, 2.45) is 11.8 Å². The Hall–Kier alpha value is -1.53. The summed E-state index contributed by atoms with van der Waals surface area (Å²) < 4.78 is 44.7. The smallest absolute Gasteiger partial charge is 0.416 e. The summed E-state index contributed by atoms with van der Waals surface area (Å²) in [6, 6.07) is 7.35. The van der Waals surface area contributed by atoms with Crippen LogP contribution < -0.4 is 4.74 Å². The molecule has 1 aliphatic heterocycles. The Morgan fingerprint density at radius 1 is 1.29 bits per heavy atom. The monoisotopic (exact) mass is 411 g/mol. The number of hydrogen-bond acceptors (Lipinski definition) is 3. The number of likely N-dealkylation sites (tertiary alicyclic amines) is 1. The minimum absolute atomic E-state index is 0.266. The molecule has 0 saturated carbocycles. The Morgan fingerprint density at radius 3 is 2.79 bits per heavy atom. The van der Waals surface area contributed by atoms with Gasteiger partial charge in [0.1, 0.15) is 5.75 Å². The van der Waals surface area contributed by atoms with Gasteiger partial charge in [-0.2, -0.15) is 24.5 Å². The van der Waals surface area contributed by atoms with Gasteiger partial charge in [-0.25, -0.2) is 0 Å². The number of rotatable bonds is 7. The molecule has 6 heteroatoms. The second kappa shape index (κ2) is 9.31. The van der Waals surface area contributed by atoms with E-state index in [0.717, 1.165) is 44.6 Å². The van der Waals surface area contributed by atoms with E-state index in [9.17, 15) is 13.2 Å². The Balaban J connectivity index is 1.69. The average molecular weight is 412 g/mol. The van der Waals surface area contributed by atoms with Crippen LogP contribution in [0.4, 0.5) is 13.2 Å². The van der Waals surface area contributed by atoms with Crippen LogP contribution >= 0.6 is 11.3 Å². The second-order valence-corrected chi connectivity index (χ2v) is 8.60. The number of benzene rings is 1. The summed E-state index contributed by atoms with van der Waals surface area (Å²) in [4.78, 5) is 2.48. The predicted octanol–water partition coefficient (Wildman–Crippen LogP) is 6.30. The molecule has 1 fully saturated rings. The summed E-state index contributed by atoms with van der Waals surface area (Å²) >= 11 is 1.69. The number of hydrogen-bond donors (Lipinski definition) is 0. The van der Waals surface area contributed by atoms with Gasteiger partial charge in [0.25, 0.3) is 0 Å². The molecular formula is C22H28F3NOS. The zero-order chi connectivity index (χ0) is 20.1. The van der Waals surface area contributed by atoms with Crippen molar-refractivity contribution in [1.82, 2.24) is 4.90 Å². The Bertz CT molecular complexity index is 732. The quantitative estimate of drug-likeness (QED) is 0.530. The Labute approximate surface area is 169 Å². The number of alkyl halides is 3. The van der Waals surface area contributed by atoms with Crippen LogP contribution in [0.25, 0.3) is 0 Å². The van der Waals surface area contributed by atoms with Gasteiger partial charge in [0.2, 0.25) is 0 Å². The molecule has 2 aromatic rings. The highest BCUT2D eigenvalue weighted by atomic mass is 32.1.